The summed E-state index contributed by atoms with van der Waals surface area (Å²) in [6.07, 6.45) is 1.13. The second-order valence-corrected chi connectivity index (χ2v) is 9.79. The average molecular weight is 485 g/mol. The van der Waals surface area contributed by atoms with Gasteiger partial charge in [0.25, 0.3) is 0 Å². The minimum absolute atomic E-state index is 0.497. The van der Waals surface area contributed by atoms with Gasteiger partial charge in [0, 0.05) is 22.3 Å². The Morgan fingerprint density at radius 3 is 2.50 bits per heavy atom. The summed E-state index contributed by atoms with van der Waals surface area (Å²) in [7, 11) is -1.55. The summed E-state index contributed by atoms with van der Waals surface area (Å²) in [4.78, 5) is 4.88. The second-order valence-electron chi connectivity index (χ2n) is 7.13. The Morgan fingerprint density at radius 2 is 1.77 bits per heavy atom. The molecule has 1 heterocycles. The van der Waals surface area contributed by atoms with E-state index in [4.69, 9.17) is 4.98 Å². The minimum atomic E-state index is -3.35. The van der Waals surface area contributed by atoms with Crippen molar-refractivity contribution in [2.24, 2.45) is 0 Å². The summed E-state index contributed by atoms with van der Waals surface area (Å²) in [6, 6.07) is 17.5. The van der Waals surface area contributed by atoms with E-state index in [0.717, 1.165) is 55.2 Å². The molecule has 0 atom stereocenters. The molecular weight excluding hydrogens is 464 g/mol. The van der Waals surface area contributed by atoms with Crippen molar-refractivity contribution < 1.29 is 8.42 Å². The summed E-state index contributed by atoms with van der Waals surface area (Å²) < 4.78 is 26.6. The third-order valence-electron chi connectivity index (χ3n) is 4.82. The lowest BCUT2D eigenvalue weighted by atomic mass is 10.0. The number of sulfonamides is 1. The molecule has 0 fully saturated rings. The zero-order valence-electron chi connectivity index (χ0n) is 16.7. The molecule has 0 saturated carbocycles. The summed E-state index contributed by atoms with van der Waals surface area (Å²) >= 11 is 3.53. The largest absolute Gasteiger partial charge is 0.386 e. The number of hydrogen-bond donors (Lipinski definition) is 3. The predicted molar refractivity (Wildman–Crippen MR) is 129 cm³/mol. The Hall–Kier alpha value is -2.84. The van der Waals surface area contributed by atoms with Gasteiger partial charge in [0.1, 0.15) is 0 Å². The number of aromatic nitrogens is 1. The van der Waals surface area contributed by atoms with Crippen LogP contribution < -0.4 is 15.4 Å². The maximum Gasteiger partial charge on any atom is 0.229 e. The van der Waals surface area contributed by atoms with Gasteiger partial charge in [0.15, 0.2) is 0 Å². The van der Waals surface area contributed by atoms with Crippen molar-refractivity contribution in [3.63, 3.8) is 0 Å². The van der Waals surface area contributed by atoms with Gasteiger partial charge in [0.05, 0.1) is 40.0 Å². The maximum atomic E-state index is 11.6. The molecule has 3 N–H and O–H groups in total. The molecule has 4 rings (SSSR count). The first-order valence-electron chi connectivity index (χ1n) is 9.30. The average Bonchev–Trinajstić information content (AvgIpc) is 2.68. The fourth-order valence-corrected chi connectivity index (χ4v) is 4.39. The fourth-order valence-electron chi connectivity index (χ4n) is 3.49. The van der Waals surface area contributed by atoms with Crippen molar-refractivity contribution in [3.8, 4) is 0 Å². The van der Waals surface area contributed by atoms with Crippen LogP contribution >= 0.6 is 15.9 Å². The van der Waals surface area contributed by atoms with Crippen LogP contribution in [0.3, 0.4) is 0 Å². The van der Waals surface area contributed by atoms with E-state index >= 15 is 0 Å². The summed E-state index contributed by atoms with van der Waals surface area (Å²) in [5, 5.41) is 8.70. The van der Waals surface area contributed by atoms with Gasteiger partial charge in [-0.05, 0) is 48.9 Å². The molecule has 0 unspecified atom stereocenters. The van der Waals surface area contributed by atoms with E-state index in [1.165, 1.54) is 0 Å². The molecule has 0 radical (unpaired) electrons. The number of benzene rings is 3. The van der Waals surface area contributed by atoms with Gasteiger partial charge < -0.3 is 10.6 Å². The number of anilines is 4. The van der Waals surface area contributed by atoms with Crippen LogP contribution in [0.25, 0.3) is 21.8 Å². The van der Waals surface area contributed by atoms with E-state index in [1.807, 2.05) is 43.3 Å². The first-order chi connectivity index (χ1) is 14.2. The first kappa shape index (κ1) is 20.4. The van der Waals surface area contributed by atoms with E-state index in [1.54, 1.807) is 19.2 Å². The molecule has 30 heavy (non-hydrogen) atoms. The third kappa shape index (κ3) is 4.06. The Labute approximate surface area is 183 Å². The molecule has 6 nitrogen and oxygen atoms in total. The molecule has 0 aliphatic heterocycles. The number of nitrogens with one attached hydrogen (secondary N) is 3. The van der Waals surface area contributed by atoms with Gasteiger partial charge in [0.2, 0.25) is 10.0 Å². The normalized spacial score (nSPS) is 11.6. The highest BCUT2D eigenvalue weighted by molar-refractivity contribution is 9.10. The number of halogens is 1. The van der Waals surface area contributed by atoms with Crippen LogP contribution in [0, 0.1) is 6.92 Å². The Kier molecular flexibility index (Phi) is 5.29. The number of fused-ring (bicyclic) bond motifs is 2. The molecule has 8 heteroatoms. The van der Waals surface area contributed by atoms with E-state index in [0.29, 0.717) is 5.69 Å². The predicted octanol–water partition coefficient (Wildman–Crippen LogP) is 5.62. The number of nitrogens with zero attached hydrogens (tertiary/aromatic N) is 1. The second kappa shape index (κ2) is 7.77. The molecule has 154 valence electrons. The first-order valence-corrected chi connectivity index (χ1v) is 12.0. The van der Waals surface area contributed by atoms with E-state index in [9.17, 15) is 8.42 Å². The number of aryl methyl sites for hydroxylation is 1. The monoisotopic (exact) mass is 484 g/mol. The van der Waals surface area contributed by atoms with Crippen LogP contribution in [-0.2, 0) is 10.0 Å². The Balaban J connectivity index is 1.90. The van der Waals surface area contributed by atoms with Crippen LogP contribution in [0.4, 0.5) is 22.7 Å². The molecule has 3 aromatic carbocycles. The van der Waals surface area contributed by atoms with Crippen LogP contribution in [0.15, 0.2) is 59.1 Å². The highest BCUT2D eigenvalue weighted by Gasteiger charge is 2.13. The van der Waals surface area contributed by atoms with Crippen molar-refractivity contribution in [3.05, 3.63) is 64.6 Å². The van der Waals surface area contributed by atoms with Crippen molar-refractivity contribution in [2.75, 3.05) is 28.7 Å². The van der Waals surface area contributed by atoms with Gasteiger partial charge in [-0.15, -0.1) is 0 Å². The highest BCUT2D eigenvalue weighted by atomic mass is 79.9. The Bertz CT molecular complexity index is 1390. The molecule has 0 aliphatic rings. The third-order valence-corrected chi connectivity index (χ3v) is 5.92. The van der Waals surface area contributed by atoms with Gasteiger partial charge in [-0.3, -0.25) is 4.72 Å². The summed E-state index contributed by atoms with van der Waals surface area (Å²) in [6.45, 7) is 2.05. The molecule has 1 aromatic heterocycles. The number of pyridine rings is 1. The number of para-hydroxylation sites is 1. The van der Waals surface area contributed by atoms with Gasteiger partial charge in [-0.25, -0.2) is 13.4 Å². The molecule has 4 aromatic rings. The van der Waals surface area contributed by atoms with Crippen molar-refractivity contribution in [2.45, 2.75) is 6.92 Å². The molecule has 0 spiro atoms. The highest BCUT2D eigenvalue weighted by Crippen LogP contribution is 2.37. The molecular formula is C22H21BrN4O2S. The quantitative estimate of drug-likeness (QED) is 0.320. The standard InChI is InChI=1S/C22H21BrN4O2S/c1-13-5-4-6-17-21(13)26-19-11-14(23)7-9-16(19)22(17)25-18-10-8-15(12-20(18)24-2)27-30(3,28)29/h4-12,24,27H,1-3H3,(H,25,26). The lowest BCUT2D eigenvalue weighted by Gasteiger charge is -2.18. The van der Waals surface area contributed by atoms with Gasteiger partial charge >= 0.3 is 0 Å². The van der Waals surface area contributed by atoms with E-state index in [2.05, 4.69) is 37.4 Å². The fraction of sp³-hybridized carbons (Fsp3) is 0.136. The number of rotatable bonds is 5. The minimum Gasteiger partial charge on any atom is -0.386 e. The molecule has 0 amide bonds. The lowest BCUT2D eigenvalue weighted by molar-refractivity contribution is 0.607. The SMILES string of the molecule is CNc1cc(NS(C)(=O)=O)ccc1Nc1c2ccc(Br)cc2nc2c(C)cccc12. The van der Waals surface area contributed by atoms with Gasteiger partial charge in [-0.2, -0.15) is 0 Å². The van der Waals surface area contributed by atoms with Crippen LogP contribution in [0.5, 0.6) is 0 Å². The van der Waals surface area contributed by atoms with Crippen molar-refractivity contribution in [1.82, 2.24) is 4.98 Å². The zero-order chi connectivity index (χ0) is 21.5. The summed E-state index contributed by atoms with van der Waals surface area (Å²) in [5.74, 6) is 0. The topological polar surface area (TPSA) is 83.1 Å². The maximum absolute atomic E-state index is 11.6. The lowest BCUT2D eigenvalue weighted by Crippen LogP contribution is -2.10. The Morgan fingerprint density at radius 1 is 0.967 bits per heavy atom. The van der Waals surface area contributed by atoms with Crippen molar-refractivity contribution >= 4 is 70.5 Å². The van der Waals surface area contributed by atoms with E-state index < -0.39 is 10.0 Å². The molecule has 0 bridgehead atoms. The van der Waals surface area contributed by atoms with Crippen LogP contribution in [-0.4, -0.2) is 26.7 Å². The van der Waals surface area contributed by atoms with E-state index in [-0.39, 0.29) is 0 Å². The molecule has 0 aliphatic carbocycles. The van der Waals surface area contributed by atoms with Crippen LogP contribution in [0.1, 0.15) is 5.56 Å². The summed E-state index contributed by atoms with van der Waals surface area (Å²) in [5.41, 5.74) is 5.96. The smallest absolute Gasteiger partial charge is 0.229 e. The van der Waals surface area contributed by atoms with Gasteiger partial charge in [-0.1, -0.05) is 34.1 Å². The number of hydrogen-bond acceptors (Lipinski definition) is 5. The van der Waals surface area contributed by atoms with Crippen LogP contribution in [0.2, 0.25) is 0 Å². The molecule has 0 saturated heterocycles. The van der Waals surface area contributed by atoms with Crippen molar-refractivity contribution in [1.29, 1.82) is 0 Å². The zero-order valence-corrected chi connectivity index (χ0v) is 19.1.